The summed E-state index contributed by atoms with van der Waals surface area (Å²) >= 11 is 0. The maximum absolute atomic E-state index is 7.24. The van der Waals surface area contributed by atoms with Crippen LogP contribution in [0.1, 0.15) is 147 Å². The molecule has 0 spiro atoms. The van der Waals surface area contributed by atoms with E-state index in [0.29, 0.717) is 24.9 Å². The average molecular weight is 858 g/mol. The van der Waals surface area contributed by atoms with Crippen LogP contribution in [0.2, 0.25) is 0 Å². The number of fused-ring (bicyclic) bond motifs is 4. The van der Waals surface area contributed by atoms with Gasteiger partial charge in [0.2, 0.25) is 7.28 Å². The number of benzene rings is 1. The molecule has 4 heteroatoms. The van der Waals surface area contributed by atoms with Gasteiger partial charge in [0.15, 0.2) is 0 Å². The van der Waals surface area contributed by atoms with Crippen molar-refractivity contribution >= 4 is 29.6 Å². The van der Waals surface area contributed by atoms with Gasteiger partial charge in [0, 0.05) is 35.6 Å². The van der Waals surface area contributed by atoms with Gasteiger partial charge in [0.05, 0.1) is 11.3 Å². The van der Waals surface area contributed by atoms with Gasteiger partial charge in [-0.15, -0.1) is 0 Å². The van der Waals surface area contributed by atoms with Crippen molar-refractivity contribution in [2.45, 2.75) is 147 Å². The van der Waals surface area contributed by atoms with E-state index in [1.807, 2.05) is 6.08 Å². The van der Waals surface area contributed by atoms with Crippen molar-refractivity contribution in [3.63, 3.8) is 0 Å². The molecular formula is C60H82BN2O. The number of allylic oxidation sites excluding steroid dienone is 18. The van der Waals surface area contributed by atoms with Gasteiger partial charge >= 0.3 is 0 Å². The molecule has 0 amide bonds. The fraction of sp³-hybridized carbons (Fsp3) is 0.467. The molecule has 1 aromatic heterocycles. The molecule has 0 saturated heterocycles. The standard InChI is InChI=1S/C60H82BN2O/c1-18-26-49-31-36-63(48(20-3)38-47-41-58(12,13)32-30-43(47)6)55-50-39-51-52(60(16,17)34-33-59(51,14)15)40-54(50)64-56(55)61-53(37-44(7)57(9,10)11)45(8)62(49)35-24-22-21-23-28-46(19-2)29-25-27-42(4)5/h18-27,29,31,37-43H,2-3,28,30,32-36H2,1,4-17H3/b23-21-,24-22-,26-18-,27-25+,44-37+,46-29+,48-38+,49-31+,53-45-. The number of rotatable bonds is 13. The molecule has 5 rings (SSSR count). The van der Waals surface area contributed by atoms with Gasteiger partial charge < -0.3 is 14.2 Å². The van der Waals surface area contributed by atoms with Gasteiger partial charge in [-0.2, -0.15) is 0 Å². The SMILES string of the molecule is C=C/C(=C\C=C\C(C)C)C/C=C\C=C/CN1C(/C=C\C)=C/CN(/C(C=C)=C/C2=CC(C)(C)CCC2C)c2c(oc3cc4c(cc23)C(C)(C)CCC4(C)C)[B]C(/C=C(\C)C(C)(C)C)=C\1C. The lowest BCUT2D eigenvalue weighted by Gasteiger charge is -2.41. The molecule has 1 unspecified atom stereocenters. The maximum Gasteiger partial charge on any atom is 0.246 e. The second-order valence-corrected chi connectivity index (χ2v) is 22.1. The van der Waals surface area contributed by atoms with Gasteiger partial charge in [-0.25, -0.2) is 0 Å². The van der Waals surface area contributed by atoms with Crippen LogP contribution in [0.15, 0.2) is 160 Å². The quantitative estimate of drug-likeness (QED) is 0.148. The third kappa shape index (κ3) is 12.1. The predicted octanol–water partition coefficient (Wildman–Crippen LogP) is 16.2. The van der Waals surface area contributed by atoms with E-state index in [1.165, 1.54) is 46.4 Å². The zero-order valence-electron chi connectivity index (χ0n) is 42.7. The highest BCUT2D eigenvalue weighted by atomic mass is 16.3. The Morgan fingerprint density at radius 2 is 1.61 bits per heavy atom. The van der Waals surface area contributed by atoms with Gasteiger partial charge in [-0.05, 0) is 145 Å². The summed E-state index contributed by atoms with van der Waals surface area (Å²) in [5, 5.41) is 1.15. The van der Waals surface area contributed by atoms with Gasteiger partial charge in [-0.3, -0.25) is 0 Å². The van der Waals surface area contributed by atoms with Crippen LogP contribution in [-0.4, -0.2) is 25.3 Å². The molecule has 341 valence electrons. The van der Waals surface area contributed by atoms with Crippen molar-refractivity contribution in [3.05, 3.63) is 167 Å². The topological polar surface area (TPSA) is 19.6 Å². The first-order valence-corrected chi connectivity index (χ1v) is 24.1. The zero-order valence-corrected chi connectivity index (χ0v) is 42.7. The summed E-state index contributed by atoms with van der Waals surface area (Å²) in [6.07, 6.45) is 38.9. The monoisotopic (exact) mass is 858 g/mol. The van der Waals surface area contributed by atoms with Crippen molar-refractivity contribution in [1.29, 1.82) is 0 Å². The van der Waals surface area contributed by atoms with Gasteiger partial charge in [0.1, 0.15) is 5.58 Å². The second kappa shape index (κ2) is 20.6. The minimum absolute atomic E-state index is 0.0207. The molecule has 0 N–H and O–H groups in total. The molecule has 2 aromatic rings. The van der Waals surface area contributed by atoms with Crippen LogP contribution >= 0.6 is 0 Å². The van der Waals surface area contributed by atoms with Crippen molar-refractivity contribution in [2.24, 2.45) is 22.7 Å². The summed E-state index contributed by atoms with van der Waals surface area (Å²) in [5.74, 6) is 0.980. The number of hydrogen-bond donors (Lipinski definition) is 0. The van der Waals surface area contributed by atoms with Crippen LogP contribution < -0.4 is 10.6 Å². The molecule has 1 radical (unpaired) electrons. The normalized spacial score (nSPS) is 23.2. The van der Waals surface area contributed by atoms with Crippen LogP contribution in [0.5, 0.6) is 0 Å². The van der Waals surface area contributed by atoms with Crippen molar-refractivity contribution < 1.29 is 4.42 Å². The molecule has 0 saturated carbocycles. The first-order chi connectivity index (χ1) is 30.0. The van der Waals surface area contributed by atoms with E-state index in [2.05, 4.69) is 231 Å². The number of furan rings is 1. The Balaban J connectivity index is 1.77. The van der Waals surface area contributed by atoms with Crippen LogP contribution in [-0.2, 0) is 10.8 Å². The average Bonchev–Trinajstić information content (AvgIpc) is 3.57. The fourth-order valence-electron chi connectivity index (χ4n) is 9.09. The summed E-state index contributed by atoms with van der Waals surface area (Å²) in [6, 6.07) is 4.86. The number of anilines is 1. The Hall–Kier alpha value is -4.70. The van der Waals surface area contributed by atoms with Gasteiger partial charge in [-0.1, -0.05) is 174 Å². The lowest BCUT2D eigenvalue weighted by Crippen LogP contribution is -2.34. The fourth-order valence-corrected chi connectivity index (χ4v) is 9.09. The van der Waals surface area contributed by atoms with E-state index < -0.39 is 0 Å². The highest BCUT2D eigenvalue weighted by Crippen LogP contribution is 2.49. The third-order valence-corrected chi connectivity index (χ3v) is 14.0. The van der Waals surface area contributed by atoms with E-state index in [9.17, 15) is 0 Å². The molecule has 1 aromatic carbocycles. The van der Waals surface area contributed by atoms with E-state index in [-0.39, 0.29) is 21.7 Å². The lowest BCUT2D eigenvalue weighted by molar-refractivity contribution is 0.332. The van der Waals surface area contributed by atoms with E-state index in [4.69, 9.17) is 4.42 Å². The second-order valence-electron chi connectivity index (χ2n) is 22.1. The van der Waals surface area contributed by atoms with Crippen molar-refractivity contribution in [2.75, 3.05) is 18.0 Å². The zero-order chi connectivity index (χ0) is 47.2. The Kier molecular flexibility index (Phi) is 16.2. The molecule has 1 aliphatic heterocycles. The molecule has 3 aliphatic rings. The third-order valence-electron chi connectivity index (χ3n) is 14.0. The highest BCUT2D eigenvalue weighted by molar-refractivity contribution is 6.63. The number of hydrogen-bond acceptors (Lipinski definition) is 3. The summed E-state index contributed by atoms with van der Waals surface area (Å²) in [6.45, 7) is 44.5. The summed E-state index contributed by atoms with van der Waals surface area (Å²) in [4.78, 5) is 4.93. The minimum atomic E-state index is -0.0207. The maximum atomic E-state index is 7.24. The Labute approximate surface area is 391 Å². The summed E-state index contributed by atoms with van der Waals surface area (Å²) < 4.78 is 7.24. The first-order valence-electron chi connectivity index (χ1n) is 24.1. The van der Waals surface area contributed by atoms with Gasteiger partial charge in [0.25, 0.3) is 0 Å². The largest absolute Gasteiger partial charge is 0.469 e. The van der Waals surface area contributed by atoms with Crippen LogP contribution in [0.25, 0.3) is 11.0 Å². The Bertz CT molecular complexity index is 2360. The van der Waals surface area contributed by atoms with Crippen molar-refractivity contribution in [1.82, 2.24) is 4.90 Å². The smallest absolute Gasteiger partial charge is 0.246 e. The van der Waals surface area contributed by atoms with E-state index in [0.717, 1.165) is 58.4 Å². The van der Waals surface area contributed by atoms with E-state index in [1.54, 1.807) is 0 Å². The Morgan fingerprint density at radius 1 is 0.938 bits per heavy atom. The highest BCUT2D eigenvalue weighted by Gasteiger charge is 2.39. The van der Waals surface area contributed by atoms with Crippen LogP contribution in [0.3, 0.4) is 0 Å². The molecule has 2 aliphatic carbocycles. The molecular weight excluding hydrogens is 775 g/mol. The number of nitrogens with zero attached hydrogens (tertiary/aromatic N) is 2. The molecule has 2 heterocycles. The molecule has 64 heavy (non-hydrogen) atoms. The molecule has 0 bridgehead atoms. The summed E-state index contributed by atoms with van der Waals surface area (Å²) in [7, 11) is 2.32. The van der Waals surface area contributed by atoms with E-state index >= 15 is 0 Å². The van der Waals surface area contributed by atoms with Crippen LogP contribution in [0.4, 0.5) is 5.69 Å². The molecule has 0 fully saturated rings. The van der Waals surface area contributed by atoms with Crippen LogP contribution in [0, 0.1) is 22.7 Å². The van der Waals surface area contributed by atoms with Crippen molar-refractivity contribution in [3.8, 4) is 0 Å². The Morgan fingerprint density at radius 3 is 2.23 bits per heavy atom. The predicted molar refractivity (Wildman–Crippen MR) is 283 cm³/mol. The summed E-state index contributed by atoms with van der Waals surface area (Å²) in [5.41, 5.74) is 14.4. The lowest BCUT2D eigenvalue weighted by atomic mass is 9.62. The minimum Gasteiger partial charge on any atom is -0.469 e. The first kappa shape index (κ1) is 50.3. The molecule has 1 atom stereocenters. The molecule has 3 nitrogen and oxygen atoms in total.